The number of rotatable bonds is 12. The van der Waals surface area contributed by atoms with Crippen molar-refractivity contribution in [3.05, 3.63) is 69.0 Å². The van der Waals surface area contributed by atoms with Gasteiger partial charge in [0, 0.05) is 6.07 Å². The molecule has 2 aromatic carbocycles. The molecular formula is C24H24N4O11. The molecular weight excluding hydrogens is 520 g/mol. The van der Waals surface area contributed by atoms with Crippen LogP contribution < -0.4 is 14.2 Å². The predicted molar refractivity (Wildman–Crippen MR) is 130 cm³/mol. The number of methoxy groups -OCH3 is 3. The fraction of sp³-hybridized carbons (Fsp3) is 0.292. The van der Waals surface area contributed by atoms with Crippen LogP contribution in [0.15, 0.2) is 36.4 Å². The minimum Gasteiger partial charge on any atom is -0.497 e. The Hall–Kier alpha value is -5.21. The van der Waals surface area contributed by atoms with E-state index in [1.54, 1.807) is 24.3 Å². The van der Waals surface area contributed by atoms with E-state index in [-0.39, 0.29) is 23.6 Å². The molecule has 15 heteroatoms. The van der Waals surface area contributed by atoms with Gasteiger partial charge in [0.25, 0.3) is 5.69 Å². The molecule has 0 aliphatic heterocycles. The summed E-state index contributed by atoms with van der Waals surface area (Å²) in [5, 5.41) is 28.8. The van der Waals surface area contributed by atoms with E-state index in [2.05, 4.69) is 10.2 Å². The second kappa shape index (κ2) is 12.4. The van der Waals surface area contributed by atoms with Crippen molar-refractivity contribution in [3.63, 3.8) is 0 Å². The van der Waals surface area contributed by atoms with Gasteiger partial charge in [0.2, 0.25) is 12.5 Å². The number of carboxylic acid groups (broad SMARTS) is 1. The van der Waals surface area contributed by atoms with Crippen molar-refractivity contribution in [2.45, 2.75) is 26.2 Å². The van der Waals surface area contributed by atoms with E-state index in [0.29, 0.717) is 11.3 Å². The molecule has 206 valence electrons. The first-order valence-electron chi connectivity index (χ1n) is 11.2. The Morgan fingerprint density at radius 2 is 1.67 bits per heavy atom. The summed E-state index contributed by atoms with van der Waals surface area (Å²) >= 11 is 0. The first kappa shape index (κ1) is 28.4. The van der Waals surface area contributed by atoms with Crippen LogP contribution in [0.3, 0.4) is 0 Å². The molecule has 1 N–H and O–H groups in total. The number of carbonyl (C=O) groups is 3. The molecule has 0 radical (unpaired) electrons. The average Bonchev–Trinajstić information content (AvgIpc) is 3.35. The van der Waals surface area contributed by atoms with Crippen LogP contribution in [0.2, 0.25) is 0 Å². The maximum atomic E-state index is 13.5. The summed E-state index contributed by atoms with van der Waals surface area (Å²) in [5.41, 5.74) is -1.10. The minimum absolute atomic E-state index is 0.0102. The Kier molecular flexibility index (Phi) is 8.98. The van der Waals surface area contributed by atoms with Crippen LogP contribution in [0.1, 0.15) is 40.3 Å². The van der Waals surface area contributed by atoms with E-state index in [4.69, 9.17) is 28.8 Å². The lowest BCUT2D eigenvalue weighted by molar-refractivity contribution is -0.385. The molecule has 1 heterocycles. The first-order chi connectivity index (χ1) is 18.6. The van der Waals surface area contributed by atoms with E-state index in [0.717, 1.165) is 16.9 Å². The number of benzene rings is 2. The molecule has 0 aliphatic rings. The van der Waals surface area contributed by atoms with E-state index in [9.17, 15) is 24.5 Å². The van der Waals surface area contributed by atoms with Crippen LogP contribution in [0.5, 0.6) is 17.2 Å². The number of esters is 1. The average molecular weight is 544 g/mol. The van der Waals surface area contributed by atoms with Crippen molar-refractivity contribution >= 4 is 23.6 Å². The van der Waals surface area contributed by atoms with Crippen molar-refractivity contribution in [1.29, 1.82) is 0 Å². The van der Waals surface area contributed by atoms with Gasteiger partial charge in [0.1, 0.15) is 23.1 Å². The Bertz CT molecular complexity index is 1390. The highest BCUT2D eigenvalue weighted by Gasteiger charge is 2.32. The molecule has 15 nitrogen and oxygen atoms in total. The molecule has 0 saturated carbocycles. The second-order valence-electron chi connectivity index (χ2n) is 7.81. The van der Waals surface area contributed by atoms with Crippen LogP contribution >= 0.6 is 0 Å². The van der Waals surface area contributed by atoms with Crippen molar-refractivity contribution in [3.8, 4) is 17.2 Å². The molecule has 1 aromatic heterocycles. The van der Waals surface area contributed by atoms with Crippen LogP contribution in [0.4, 0.5) is 10.5 Å². The van der Waals surface area contributed by atoms with Gasteiger partial charge in [-0.15, -0.1) is 9.90 Å². The van der Waals surface area contributed by atoms with Crippen molar-refractivity contribution in [2.24, 2.45) is 0 Å². The molecule has 0 spiro atoms. The second-order valence-corrected chi connectivity index (χ2v) is 7.81. The molecule has 0 bridgehead atoms. The zero-order valence-corrected chi connectivity index (χ0v) is 21.3. The normalized spacial score (nSPS) is 11.3. The number of carbonyl (C=O) groups excluding carboxylic acids is 2. The van der Waals surface area contributed by atoms with Gasteiger partial charge in [0.05, 0.1) is 38.7 Å². The number of nitro benzene ring substituents is 1. The number of hydrogen-bond donors (Lipinski definition) is 1. The quantitative estimate of drug-likeness (QED) is 0.152. The topological polar surface area (TPSA) is 191 Å². The highest BCUT2D eigenvalue weighted by Crippen LogP contribution is 2.36. The number of ether oxygens (including phenoxy) is 5. The smallest absolute Gasteiger partial charge is 0.497 e. The van der Waals surface area contributed by atoms with Gasteiger partial charge in [0.15, 0.2) is 17.2 Å². The molecule has 0 saturated heterocycles. The van der Waals surface area contributed by atoms with Gasteiger partial charge in [-0.05, 0) is 24.6 Å². The van der Waals surface area contributed by atoms with E-state index < -0.39 is 52.6 Å². The molecule has 1 unspecified atom stereocenters. The largest absolute Gasteiger partial charge is 0.506 e. The third-order valence-corrected chi connectivity index (χ3v) is 5.35. The minimum atomic E-state index is -1.65. The monoisotopic (exact) mass is 544 g/mol. The molecule has 0 aliphatic carbocycles. The highest BCUT2D eigenvalue weighted by atomic mass is 16.7. The van der Waals surface area contributed by atoms with Gasteiger partial charge < -0.3 is 28.8 Å². The first-order valence-corrected chi connectivity index (χ1v) is 11.2. The van der Waals surface area contributed by atoms with Gasteiger partial charge in [-0.1, -0.05) is 12.1 Å². The van der Waals surface area contributed by atoms with Gasteiger partial charge in [-0.3, -0.25) is 19.7 Å². The lowest BCUT2D eigenvalue weighted by Crippen LogP contribution is -2.14. The van der Waals surface area contributed by atoms with Gasteiger partial charge in [-0.2, -0.15) is 5.10 Å². The molecule has 0 fully saturated rings. The maximum Gasteiger partial charge on any atom is 0.506 e. The Balaban J connectivity index is 1.92. The summed E-state index contributed by atoms with van der Waals surface area (Å²) in [4.78, 5) is 48.6. The lowest BCUT2D eigenvalue weighted by Gasteiger charge is -2.11. The third-order valence-electron chi connectivity index (χ3n) is 5.35. The number of hydrogen-bond acceptors (Lipinski definition) is 12. The van der Waals surface area contributed by atoms with E-state index in [1.807, 2.05) is 0 Å². The number of nitrogens with zero attached hydrogens (tertiary/aromatic N) is 4. The van der Waals surface area contributed by atoms with E-state index >= 15 is 0 Å². The summed E-state index contributed by atoms with van der Waals surface area (Å²) < 4.78 is 25.2. The van der Waals surface area contributed by atoms with Crippen molar-refractivity contribution in [2.75, 3.05) is 21.3 Å². The van der Waals surface area contributed by atoms with Gasteiger partial charge in [-0.25, -0.2) is 4.79 Å². The molecule has 3 rings (SSSR count). The van der Waals surface area contributed by atoms with Crippen molar-refractivity contribution in [1.82, 2.24) is 15.0 Å². The van der Waals surface area contributed by atoms with Crippen LogP contribution in [0.25, 0.3) is 0 Å². The van der Waals surface area contributed by atoms with Gasteiger partial charge >= 0.3 is 12.1 Å². The Morgan fingerprint density at radius 1 is 1.03 bits per heavy atom. The maximum absolute atomic E-state index is 13.5. The summed E-state index contributed by atoms with van der Waals surface area (Å²) in [6.07, 6.45) is -3.04. The van der Waals surface area contributed by atoms with Crippen molar-refractivity contribution < 1.29 is 48.1 Å². The Labute approximate surface area is 220 Å². The predicted octanol–water partition coefficient (Wildman–Crippen LogP) is 2.94. The number of ketones is 1. The van der Waals surface area contributed by atoms with Crippen LogP contribution in [-0.4, -0.2) is 64.3 Å². The summed E-state index contributed by atoms with van der Waals surface area (Å²) in [5.74, 6) is -0.963. The summed E-state index contributed by atoms with van der Waals surface area (Å²) in [6.45, 7) is 0.751. The Morgan fingerprint density at radius 3 is 2.23 bits per heavy atom. The summed E-state index contributed by atoms with van der Waals surface area (Å²) in [6, 6.07) is 8.83. The van der Waals surface area contributed by atoms with Crippen LogP contribution in [0, 0.1) is 10.1 Å². The zero-order chi connectivity index (χ0) is 28.7. The fourth-order valence-electron chi connectivity index (χ4n) is 3.48. The standard InChI is InChI=1S/C24H24N4O11/c1-13(39-24(31)32)21-22(23(30)16-10-18(36-3)19(37-4)11-17(16)28(33)34)26-27(25-21)12-38-20(29)9-14-5-7-15(35-2)8-6-14/h5-8,10-11,13H,9,12H2,1-4H3,(H,31,32). The molecule has 0 amide bonds. The SMILES string of the molecule is COc1ccc(CC(=O)OCn2nc(C(=O)c3cc(OC)c(OC)cc3[N+](=O)[O-])c(C(C)OC(=O)O)n2)cc1. The molecule has 1 atom stereocenters. The lowest BCUT2D eigenvalue weighted by atomic mass is 10.0. The van der Waals surface area contributed by atoms with Crippen LogP contribution in [-0.2, 0) is 27.4 Å². The molecule has 39 heavy (non-hydrogen) atoms. The molecule has 3 aromatic rings. The number of nitro groups is 1. The number of aromatic nitrogens is 3. The third kappa shape index (κ3) is 6.76. The highest BCUT2D eigenvalue weighted by molar-refractivity contribution is 6.11. The summed E-state index contributed by atoms with van der Waals surface area (Å²) in [7, 11) is 4.07. The van der Waals surface area contributed by atoms with E-state index in [1.165, 1.54) is 28.3 Å². The zero-order valence-electron chi connectivity index (χ0n) is 21.3. The fourth-order valence-corrected chi connectivity index (χ4v) is 3.48.